The molecule has 1 fully saturated rings. The predicted molar refractivity (Wildman–Crippen MR) is 114 cm³/mol. The second-order valence-electron chi connectivity index (χ2n) is 7.67. The monoisotopic (exact) mass is 407 g/mol. The lowest BCUT2D eigenvalue weighted by molar-refractivity contribution is 0.115. The van der Waals surface area contributed by atoms with Crippen molar-refractivity contribution in [1.82, 2.24) is 4.31 Å². The lowest BCUT2D eigenvalue weighted by atomic mass is 9.92. The van der Waals surface area contributed by atoms with Crippen LogP contribution in [-0.4, -0.2) is 24.4 Å². The Balaban J connectivity index is 1.70. The highest BCUT2D eigenvalue weighted by molar-refractivity contribution is 7.89. The van der Waals surface area contributed by atoms with Gasteiger partial charge in [0.05, 0.1) is 17.0 Å². The Morgan fingerprint density at radius 1 is 0.897 bits per heavy atom. The molecule has 0 saturated carbocycles. The van der Waals surface area contributed by atoms with Gasteiger partial charge in [0.25, 0.3) is 0 Å². The molecule has 3 aromatic rings. The van der Waals surface area contributed by atoms with E-state index in [2.05, 4.69) is 0 Å². The number of rotatable bonds is 5. The second-order valence-corrected chi connectivity index (χ2v) is 9.56. The number of aliphatic hydroxyl groups excluding tert-OH is 1. The van der Waals surface area contributed by atoms with Gasteiger partial charge in [-0.25, -0.2) is 8.42 Å². The van der Waals surface area contributed by atoms with Gasteiger partial charge in [0, 0.05) is 12.5 Å². The molecule has 3 aromatic carbocycles. The molecule has 150 valence electrons. The molecule has 4 nitrogen and oxygen atoms in total. The molecule has 0 radical (unpaired) electrons. The van der Waals surface area contributed by atoms with Crippen LogP contribution in [-0.2, 0) is 10.0 Å². The fraction of sp³-hybridized carbons (Fsp3) is 0.250. The molecule has 1 aliphatic heterocycles. The first-order valence-corrected chi connectivity index (χ1v) is 11.3. The summed E-state index contributed by atoms with van der Waals surface area (Å²) in [5.41, 5.74) is 2.78. The first-order chi connectivity index (χ1) is 14.0. The van der Waals surface area contributed by atoms with Crippen LogP contribution < -0.4 is 0 Å². The van der Waals surface area contributed by atoms with E-state index in [0.29, 0.717) is 11.3 Å². The molecule has 3 unspecified atom stereocenters. The Morgan fingerprint density at radius 2 is 1.48 bits per heavy atom. The van der Waals surface area contributed by atoms with Crippen molar-refractivity contribution in [2.75, 3.05) is 6.54 Å². The van der Waals surface area contributed by atoms with Crippen molar-refractivity contribution in [1.29, 1.82) is 0 Å². The van der Waals surface area contributed by atoms with Crippen LogP contribution in [0.25, 0.3) is 0 Å². The lowest BCUT2D eigenvalue weighted by Gasteiger charge is -2.24. The predicted octanol–water partition coefficient (Wildman–Crippen LogP) is 4.48. The maximum atomic E-state index is 13.5. The largest absolute Gasteiger partial charge is 0.388 e. The Morgan fingerprint density at radius 3 is 2.10 bits per heavy atom. The van der Waals surface area contributed by atoms with Crippen LogP contribution in [0.4, 0.5) is 0 Å². The molecule has 0 bridgehead atoms. The number of hydrogen-bond acceptors (Lipinski definition) is 3. The van der Waals surface area contributed by atoms with Crippen molar-refractivity contribution in [3.63, 3.8) is 0 Å². The number of aryl methyl sites for hydroxylation is 1. The molecule has 1 aliphatic rings. The lowest BCUT2D eigenvalue weighted by Crippen LogP contribution is -2.31. The van der Waals surface area contributed by atoms with Crippen LogP contribution in [0.2, 0.25) is 0 Å². The number of sulfonamides is 1. The number of aliphatic hydroxyl groups is 1. The van der Waals surface area contributed by atoms with Gasteiger partial charge in [-0.05, 0) is 36.6 Å². The van der Waals surface area contributed by atoms with Crippen LogP contribution in [0, 0.1) is 12.8 Å². The van der Waals surface area contributed by atoms with Crippen molar-refractivity contribution in [3.05, 3.63) is 102 Å². The molecule has 0 aromatic heterocycles. The first kappa shape index (κ1) is 19.8. The maximum Gasteiger partial charge on any atom is 0.243 e. The summed E-state index contributed by atoms with van der Waals surface area (Å²) in [6.45, 7) is 2.22. The Bertz CT molecular complexity index is 1050. The van der Waals surface area contributed by atoms with Crippen molar-refractivity contribution in [2.45, 2.75) is 30.4 Å². The van der Waals surface area contributed by atoms with Gasteiger partial charge < -0.3 is 5.11 Å². The zero-order valence-electron chi connectivity index (χ0n) is 16.3. The van der Waals surface area contributed by atoms with Gasteiger partial charge in [-0.15, -0.1) is 0 Å². The summed E-state index contributed by atoms with van der Waals surface area (Å²) in [6.07, 6.45) is -0.133. The fourth-order valence-corrected chi connectivity index (χ4v) is 5.76. The van der Waals surface area contributed by atoms with E-state index in [1.807, 2.05) is 79.7 Å². The van der Waals surface area contributed by atoms with Crippen LogP contribution in [0.1, 0.15) is 35.3 Å². The number of hydrogen-bond donors (Lipinski definition) is 1. The summed E-state index contributed by atoms with van der Waals surface area (Å²) < 4.78 is 28.5. The standard InChI is InChI=1S/C24H25NO3S/c1-18-12-14-22(15-13-18)29(27,28)25-17-21(24(26)20-10-6-3-7-11-20)16-23(25)19-8-4-2-5-9-19/h2-15,21,23-24,26H,16-17H2,1H3. The summed E-state index contributed by atoms with van der Waals surface area (Å²) in [6, 6.07) is 25.8. The number of nitrogens with zero attached hydrogens (tertiary/aromatic N) is 1. The highest BCUT2D eigenvalue weighted by atomic mass is 32.2. The minimum atomic E-state index is -3.68. The molecular weight excluding hydrogens is 382 g/mol. The molecule has 1 heterocycles. The van der Waals surface area contributed by atoms with Crippen molar-refractivity contribution < 1.29 is 13.5 Å². The Kier molecular flexibility index (Phi) is 5.54. The molecule has 0 aliphatic carbocycles. The van der Waals surface area contributed by atoms with E-state index in [1.54, 1.807) is 16.4 Å². The van der Waals surface area contributed by atoms with Crippen molar-refractivity contribution >= 4 is 10.0 Å². The van der Waals surface area contributed by atoms with Crippen LogP contribution in [0.5, 0.6) is 0 Å². The van der Waals surface area contributed by atoms with E-state index in [9.17, 15) is 13.5 Å². The minimum absolute atomic E-state index is 0.178. The van der Waals surface area contributed by atoms with Gasteiger partial charge in [-0.2, -0.15) is 4.31 Å². The average Bonchev–Trinajstić information content (AvgIpc) is 3.21. The van der Waals surface area contributed by atoms with E-state index in [-0.39, 0.29) is 18.5 Å². The molecule has 5 heteroatoms. The summed E-state index contributed by atoms with van der Waals surface area (Å²) in [5.74, 6) is -0.178. The van der Waals surface area contributed by atoms with E-state index in [4.69, 9.17) is 0 Å². The van der Waals surface area contributed by atoms with Gasteiger partial charge >= 0.3 is 0 Å². The minimum Gasteiger partial charge on any atom is -0.388 e. The van der Waals surface area contributed by atoms with E-state index >= 15 is 0 Å². The molecule has 1 N–H and O–H groups in total. The zero-order chi connectivity index (χ0) is 20.4. The molecule has 0 spiro atoms. The Hall–Kier alpha value is -2.47. The van der Waals surface area contributed by atoms with Crippen molar-refractivity contribution in [3.8, 4) is 0 Å². The number of benzene rings is 3. The highest BCUT2D eigenvalue weighted by Gasteiger charge is 2.43. The van der Waals surface area contributed by atoms with Gasteiger partial charge in [-0.1, -0.05) is 78.4 Å². The van der Waals surface area contributed by atoms with E-state index in [1.165, 1.54) is 0 Å². The normalized spacial score (nSPS) is 21.2. The fourth-order valence-electron chi connectivity index (χ4n) is 4.08. The SMILES string of the molecule is Cc1ccc(S(=O)(=O)N2CC(C(O)c3ccccc3)CC2c2ccccc2)cc1. The van der Waals surface area contributed by atoms with E-state index in [0.717, 1.165) is 16.7 Å². The van der Waals surface area contributed by atoms with Gasteiger partial charge in [0.15, 0.2) is 0 Å². The third kappa shape index (κ3) is 3.99. The second kappa shape index (κ2) is 8.11. The first-order valence-electron chi connectivity index (χ1n) is 9.83. The zero-order valence-corrected chi connectivity index (χ0v) is 17.2. The third-order valence-electron chi connectivity index (χ3n) is 5.69. The van der Waals surface area contributed by atoms with Crippen LogP contribution in [0.3, 0.4) is 0 Å². The van der Waals surface area contributed by atoms with Gasteiger partial charge in [0.1, 0.15) is 0 Å². The molecule has 29 heavy (non-hydrogen) atoms. The van der Waals surface area contributed by atoms with Gasteiger partial charge in [-0.3, -0.25) is 0 Å². The maximum absolute atomic E-state index is 13.5. The smallest absolute Gasteiger partial charge is 0.243 e. The highest BCUT2D eigenvalue weighted by Crippen LogP contribution is 2.43. The quantitative estimate of drug-likeness (QED) is 0.678. The molecule has 4 rings (SSSR count). The topological polar surface area (TPSA) is 57.6 Å². The summed E-state index contributed by atoms with van der Waals surface area (Å²) in [7, 11) is -3.68. The molecule has 0 amide bonds. The Labute approximate surface area is 172 Å². The third-order valence-corrected chi connectivity index (χ3v) is 7.58. The molecule has 1 saturated heterocycles. The summed E-state index contributed by atoms with van der Waals surface area (Å²) in [4.78, 5) is 0.291. The van der Waals surface area contributed by atoms with Crippen LogP contribution >= 0.6 is 0 Å². The van der Waals surface area contributed by atoms with E-state index < -0.39 is 16.1 Å². The average molecular weight is 408 g/mol. The summed E-state index contributed by atoms with van der Waals surface area (Å²) in [5, 5.41) is 11.0. The van der Waals surface area contributed by atoms with Gasteiger partial charge in [0.2, 0.25) is 10.0 Å². The summed E-state index contributed by atoms with van der Waals surface area (Å²) >= 11 is 0. The van der Waals surface area contributed by atoms with Crippen LogP contribution in [0.15, 0.2) is 89.8 Å². The van der Waals surface area contributed by atoms with Crippen molar-refractivity contribution in [2.24, 2.45) is 5.92 Å². The molecule has 3 atom stereocenters. The molecular formula is C24H25NO3S.